The first-order chi connectivity index (χ1) is 13.3. The zero-order valence-corrected chi connectivity index (χ0v) is 17.3. The second-order valence-electron chi connectivity index (χ2n) is 5.99. The highest BCUT2D eigenvalue weighted by atomic mass is 35.5. The molecule has 0 fully saturated rings. The molecule has 0 spiro atoms. The van der Waals surface area contributed by atoms with E-state index in [0.717, 1.165) is 5.56 Å². The third kappa shape index (κ3) is 3.68. The molecule has 0 unspecified atom stereocenters. The second-order valence-corrected chi connectivity index (χ2v) is 7.95. The van der Waals surface area contributed by atoms with Gasteiger partial charge in [0.1, 0.15) is 22.1 Å². The lowest BCUT2D eigenvalue weighted by Gasteiger charge is -2.17. The summed E-state index contributed by atoms with van der Waals surface area (Å²) >= 11 is 6.30. The summed E-state index contributed by atoms with van der Waals surface area (Å²) in [5.41, 5.74) is 0.934. The van der Waals surface area contributed by atoms with Gasteiger partial charge in [-0.15, -0.1) is 0 Å². The second kappa shape index (κ2) is 7.77. The summed E-state index contributed by atoms with van der Waals surface area (Å²) in [4.78, 5) is 0.0297. The summed E-state index contributed by atoms with van der Waals surface area (Å²) in [5, 5.41) is 1.16. The highest BCUT2D eigenvalue weighted by Crippen LogP contribution is 2.46. The Balaban J connectivity index is 2.27. The first-order valence-corrected chi connectivity index (χ1v) is 10.0. The van der Waals surface area contributed by atoms with E-state index in [0.29, 0.717) is 22.3 Å². The van der Waals surface area contributed by atoms with Crippen LogP contribution in [-0.4, -0.2) is 29.7 Å². The molecule has 0 N–H and O–H groups in total. The average molecular weight is 423 g/mol. The zero-order valence-electron chi connectivity index (χ0n) is 15.8. The quantitative estimate of drug-likeness (QED) is 0.541. The maximum Gasteiger partial charge on any atom is 0.339 e. The van der Waals surface area contributed by atoms with Gasteiger partial charge in [-0.25, -0.2) is 0 Å². The fraction of sp³-hybridized carbons (Fsp3) is 0.200. The Morgan fingerprint density at radius 3 is 2.11 bits per heavy atom. The van der Waals surface area contributed by atoms with Gasteiger partial charge in [-0.05, 0) is 25.1 Å². The Bertz CT molecular complexity index is 1120. The molecule has 148 valence electrons. The monoisotopic (exact) mass is 422 g/mol. The third-order valence-corrected chi connectivity index (χ3v) is 5.74. The summed E-state index contributed by atoms with van der Waals surface area (Å²) in [6.45, 7) is 1.87. The van der Waals surface area contributed by atoms with Crippen molar-refractivity contribution in [3.8, 4) is 23.0 Å². The number of aryl methyl sites for hydroxylation is 1. The summed E-state index contributed by atoms with van der Waals surface area (Å²) in [6.07, 6.45) is 0. The summed E-state index contributed by atoms with van der Waals surface area (Å²) in [7, 11) is 0.299. The molecule has 0 heterocycles. The molecule has 0 aliphatic carbocycles. The molecular formula is C20H19ClO6S. The summed E-state index contributed by atoms with van der Waals surface area (Å²) < 4.78 is 47.2. The summed E-state index contributed by atoms with van der Waals surface area (Å²) in [5.74, 6) is 1.11. The van der Waals surface area contributed by atoms with Crippen LogP contribution in [0.1, 0.15) is 5.56 Å². The van der Waals surface area contributed by atoms with Crippen LogP contribution in [0.5, 0.6) is 23.0 Å². The average Bonchev–Trinajstić information content (AvgIpc) is 2.67. The van der Waals surface area contributed by atoms with Crippen LogP contribution in [0.15, 0.2) is 47.4 Å². The molecule has 0 saturated carbocycles. The molecule has 0 aliphatic rings. The van der Waals surface area contributed by atoms with Gasteiger partial charge in [-0.2, -0.15) is 8.42 Å². The van der Waals surface area contributed by atoms with Gasteiger partial charge >= 0.3 is 10.1 Å². The van der Waals surface area contributed by atoms with Crippen LogP contribution < -0.4 is 18.4 Å². The molecule has 0 atom stereocenters. The number of ether oxygens (including phenoxy) is 3. The van der Waals surface area contributed by atoms with Gasteiger partial charge in [0.15, 0.2) is 5.75 Å². The van der Waals surface area contributed by atoms with E-state index in [1.54, 1.807) is 24.3 Å². The number of hydrogen-bond donors (Lipinski definition) is 0. The van der Waals surface area contributed by atoms with Crippen LogP contribution in [0.4, 0.5) is 0 Å². The van der Waals surface area contributed by atoms with Crippen molar-refractivity contribution in [1.29, 1.82) is 0 Å². The van der Waals surface area contributed by atoms with Crippen LogP contribution in [0.3, 0.4) is 0 Å². The van der Waals surface area contributed by atoms with Crippen molar-refractivity contribution in [2.45, 2.75) is 11.8 Å². The maximum atomic E-state index is 12.8. The Labute approximate surface area is 168 Å². The molecule has 0 bridgehead atoms. The molecule has 0 aliphatic heterocycles. The molecular weight excluding hydrogens is 404 g/mol. The van der Waals surface area contributed by atoms with Gasteiger partial charge in [-0.3, -0.25) is 0 Å². The Kier molecular flexibility index (Phi) is 5.58. The molecule has 8 heteroatoms. The molecule has 3 aromatic rings. The largest absolute Gasteiger partial charge is 0.497 e. The van der Waals surface area contributed by atoms with E-state index in [9.17, 15) is 8.42 Å². The number of hydrogen-bond acceptors (Lipinski definition) is 6. The molecule has 0 saturated heterocycles. The fourth-order valence-corrected chi connectivity index (χ4v) is 4.02. The van der Waals surface area contributed by atoms with Gasteiger partial charge in [-0.1, -0.05) is 29.3 Å². The molecule has 3 aromatic carbocycles. The predicted octanol–water partition coefficient (Wildman–Crippen LogP) is 4.60. The highest BCUT2D eigenvalue weighted by molar-refractivity contribution is 7.87. The molecule has 6 nitrogen and oxygen atoms in total. The van der Waals surface area contributed by atoms with Crippen LogP contribution in [0.2, 0.25) is 5.02 Å². The van der Waals surface area contributed by atoms with E-state index in [4.69, 9.17) is 30.0 Å². The molecule has 28 heavy (non-hydrogen) atoms. The molecule has 0 amide bonds. The minimum atomic E-state index is -4.10. The van der Waals surface area contributed by atoms with Crippen LogP contribution in [-0.2, 0) is 10.1 Å². The van der Waals surface area contributed by atoms with E-state index in [-0.39, 0.29) is 21.4 Å². The van der Waals surface area contributed by atoms with Crippen molar-refractivity contribution >= 4 is 32.5 Å². The molecule has 0 aromatic heterocycles. The maximum absolute atomic E-state index is 12.8. The highest BCUT2D eigenvalue weighted by Gasteiger charge is 2.23. The molecule has 0 radical (unpaired) electrons. The number of methoxy groups -OCH3 is 3. The lowest BCUT2D eigenvalue weighted by atomic mass is 10.1. The van der Waals surface area contributed by atoms with E-state index in [2.05, 4.69) is 0 Å². The first-order valence-electron chi connectivity index (χ1n) is 8.24. The Morgan fingerprint density at radius 2 is 1.54 bits per heavy atom. The standard InChI is InChI=1S/C20H19ClO6S/c1-12-5-7-14(8-6-12)28(22,23)27-18-10-13(24-2)9-15-17(25-3)11-16(21)20(26-4)19(15)18/h5-11H,1-4H3. The third-order valence-electron chi connectivity index (χ3n) is 4.21. The van der Waals surface area contributed by atoms with Crippen molar-refractivity contribution < 1.29 is 26.8 Å². The van der Waals surface area contributed by atoms with Gasteiger partial charge < -0.3 is 18.4 Å². The zero-order chi connectivity index (χ0) is 20.5. The van der Waals surface area contributed by atoms with Gasteiger partial charge in [0.2, 0.25) is 0 Å². The molecule has 3 rings (SSSR count). The number of benzene rings is 3. The van der Waals surface area contributed by atoms with Gasteiger partial charge in [0, 0.05) is 17.5 Å². The van der Waals surface area contributed by atoms with Crippen molar-refractivity contribution in [3.05, 3.63) is 53.1 Å². The van der Waals surface area contributed by atoms with Crippen molar-refractivity contribution in [3.63, 3.8) is 0 Å². The smallest absolute Gasteiger partial charge is 0.339 e. The first kappa shape index (κ1) is 20.1. The number of rotatable bonds is 6. The minimum Gasteiger partial charge on any atom is -0.497 e. The van der Waals surface area contributed by atoms with Crippen molar-refractivity contribution in [2.24, 2.45) is 0 Å². The van der Waals surface area contributed by atoms with Crippen molar-refractivity contribution in [1.82, 2.24) is 0 Å². The lowest BCUT2D eigenvalue weighted by molar-refractivity contribution is 0.404. The lowest BCUT2D eigenvalue weighted by Crippen LogP contribution is -2.10. The predicted molar refractivity (Wildman–Crippen MR) is 108 cm³/mol. The van der Waals surface area contributed by atoms with E-state index >= 15 is 0 Å². The Morgan fingerprint density at radius 1 is 0.857 bits per heavy atom. The van der Waals surface area contributed by atoms with Crippen LogP contribution in [0.25, 0.3) is 10.8 Å². The van der Waals surface area contributed by atoms with Crippen LogP contribution in [0, 0.1) is 6.92 Å². The van der Waals surface area contributed by atoms with E-state index in [1.165, 1.54) is 39.5 Å². The normalized spacial score (nSPS) is 11.3. The van der Waals surface area contributed by atoms with Crippen molar-refractivity contribution in [2.75, 3.05) is 21.3 Å². The van der Waals surface area contributed by atoms with Crippen LogP contribution >= 0.6 is 11.6 Å². The van der Waals surface area contributed by atoms with E-state index in [1.807, 2.05) is 6.92 Å². The Hall–Kier alpha value is -2.64. The SMILES string of the molecule is COc1cc(OS(=O)(=O)c2ccc(C)cc2)c2c(OC)c(Cl)cc(OC)c2c1. The van der Waals surface area contributed by atoms with E-state index < -0.39 is 10.1 Å². The topological polar surface area (TPSA) is 71.1 Å². The minimum absolute atomic E-state index is 0.0209. The van der Waals surface area contributed by atoms with Gasteiger partial charge in [0.25, 0.3) is 0 Å². The van der Waals surface area contributed by atoms with Gasteiger partial charge in [0.05, 0.1) is 31.7 Å². The number of fused-ring (bicyclic) bond motifs is 1. The summed E-state index contributed by atoms with van der Waals surface area (Å²) in [6, 6.07) is 11.1. The fourth-order valence-electron chi connectivity index (χ4n) is 2.82. The number of halogens is 1.